The molecular weight excluding hydrogens is 456 g/mol. The average Bonchev–Trinajstić information content (AvgIpc) is 3.17. The van der Waals surface area contributed by atoms with Gasteiger partial charge in [0, 0.05) is 0 Å². The minimum atomic E-state index is -1.12. The van der Waals surface area contributed by atoms with Crippen LogP contribution in [0.1, 0.15) is 76.8 Å². The van der Waals surface area contributed by atoms with Crippen molar-refractivity contribution in [1.29, 1.82) is 0 Å². The Morgan fingerprint density at radius 2 is 1.86 bits per heavy atom. The number of hydrogen-bond donors (Lipinski definition) is 3. The Bertz CT molecular complexity index is 1070. The Morgan fingerprint density at radius 3 is 2.61 bits per heavy atom. The zero-order valence-corrected chi connectivity index (χ0v) is 21.3. The Hall–Kier alpha value is -2.67. The fraction of sp³-hybridized carbons (Fsp3) is 0.621. The van der Waals surface area contributed by atoms with Crippen molar-refractivity contribution in [1.82, 2.24) is 5.32 Å². The molecule has 5 rings (SSSR count). The van der Waals surface area contributed by atoms with Crippen LogP contribution in [-0.4, -0.2) is 40.5 Å². The molecule has 4 aliphatic rings. The van der Waals surface area contributed by atoms with Gasteiger partial charge in [0.25, 0.3) is 5.91 Å². The number of carbonyl (C=O) groups excluding carboxylic acids is 1. The molecule has 0 saturated heterocycles. The quantitative estimate of drug-likeness (QED) is 0.500. The summed E-state index contributed by atoms with van der Waals surface area (Å²) in [6, 6.07) is 7.48. The lowest BCUT2D eigenvalue weighted by molar-refractivity contribution is -0.142. The predicted octanol–water partition coefficient (Wildman–Crippen LogP) is 4.62. The third kappa shape index (κ3) is 4.36. The van der Waals surface area contributed by atoms with Crippen molar-refractivity contribution in [3.8, 4) is 0 Å². The number of carboxylic acid groups (broad SMARTS) is 1. The lowest BCUT2D eigenvalue weighted by atomic mass is 9.47. The summed E-state index contributed by atoms with van der Waals surface area (Å²) in [6.07, 6.45) is 10.5. The number of nitrogens with one attached hydrogen (secondary N) is 1. The number of nitrogens with zero attached hydrogens (tertiary/aromatic N) is 1. The number of hydrogen-bond acceptors (Lipinski definition) is 5. The Kier molecular flexibility index (Phi) is 6.70. The van der Waals surface area contributed by atoms with E-state index in [1.807, 2.05) is 0 Å². The fourth-order valence-electron chi connectivity index (χ4n) is 7.93. The van der Waals surface area contributed by atoms with Crippen molar-refractivity contribution in [2.45, 2.75) is 77.4 Å². The summed E-state index contributed by atoms with van der Waals surface area (Å²) in [7, 11) is 0. The van der Waals surface area contributed by atoms with Gasteiger partial charge in [-0.15, -0.1) is 0 Å². The number of amides is 1. The topological polar surface area (TPSA) is 108 Å². The van der Waals surface area contributed by atoms with Gasteiger partial charge in [-0.05, 0) is 91.6 Å². The molecule has 7 nitrogen and oxygen atoms in total. The van der Waals surface area contributed by atoms with E-state index in [1.54, 1.807) is 30.3 Å². The van der Waals surface area contributed by atoms with Crippen LogP contribution in [0.2, 0.25) is 0 Å². The van der Waals surface area contributed by atoms with Crippen LogP contribution in [0.4, 0.5) is 0 Å². The molecule has 4 aliphatic carbocycles. The van der Waals surface area contributed by atoms with Crippen molar-refractivity contribution in [2.75, 3.05) is 6.61 Å². The monoisotopic (exact) mass is 494 g/mol. The summed E-state index contributed by atoms with van der Waals surface area (Å²) in [6.45, 7) is 4.41. The second-order valence-corrected chi connectivity index (χ2v) is 11.7. The van der Waals surface area contributed by atoms with Crippen LogP contribution in [0.3, 0.4) is 0 Å². The molecule has 1 aromatic carbocycles. The van der Waals surface area contributed by atoms with E-state index in [4.69, 9.17) is 4.84 Å². The van der Waals surface area contributed by atoms with Gasteiger partial charge in [0.1, 0.15) is 0 Å². The SMILES string of the molecule is CC12CCC(=NOCC(=O)NC(C(=O)O)c3ccccc3)C=C1CCC1C2CCC2(C)C(O)CCC12. The van der Waals surface area contributed by atoms with E-state index in [2.05, 4.69) is 30.4 Å². The number of carboxylic acids is 1. The highest BCUT2D eigenvalue weighted by atomic mass is 16.6. The highest BCUT2D eigenvalue weighted by Crippen LogP contribution is 2.65. The summed E-state index contributed by atoms with van der Waals surface area (Å²) in [5, 5.41) is 26.9. The van der Waals surface area contributed by atoms with Gasteiger partial charge in [-0.25, -0.2) is 4.79 Å². The number of aliphatic carboxylic acids is 1. The van der Waals surface area contributed by atoms with Gasteiger partial charge in [0.05, 0.1) is 11.8 Å². The van der Waals surface area contributed by atoms with Crippen LogP contribution in [-0.2, 0) is 14.4 Å². The first-order valence-electron chi connectivity index (χ1n) is 13.4. The lowest BCUT2D eigenvalue weighted by Crippen LogP contribution is -2.51. The van der Waals surface area contributed by atoms with Crippen molar-refractivity contribution < 1.29 is 24.6 Å². The van der Waals surface area contributed by atoms with E-state index >= 15 is 0 Å². The summed E-state index contributed by atoms with van der Waals surface area (Å²) in [5.74, 6) is 0.330. The number of rotatable bonds is 6. The third-order valence-electron chi connectivity index (χ3n) is 9.99. The van der Waals surface area contributed by atoms with Crippen LogP contribution in [0.5, 0.6) is 0 Å². The standard InChI is InChI=1S/C29H38N2O5/c1-28-14-12-20(31-36-17-25(33)30-26(27(34)35)18-6-4-3-5-7-18)16-19(28)8-9-21-22-10-11-24(32)29(22,2)15-13-23(21)28/h3-7,16,21-24,26,32H,8-15,17H2,1-2H3,(H,30,33)(H,34,35). The van der Waals surface area contributed by atoms with Gasteiger partial charge in [0.2, 0.25) is 0 Å². The molecule has 7 heteroatoms. The lowest BCUT2D eigenvalue weighted by Gasteiger charge is -2.57. The molecule has 3 N–H and O–H groups in total. The zero-order chi connectivity index (χ0) is 25.5. The third-order valence-corrected chi connectivity index (χ3v) is 9.99. The number of aliphatic hydroxyl groups excluding tert-OH is 1. The van der Waals surface area contributed by atoms with Gasteiger partial charge in [-0.2, -0.15) is 0 Å². The molecule has 0 aliphatic heterocycles. The highest BCUT2D eigenvalue weighted by Gasteiger charge is 2.58. The molecule has 7 atom stereocenters. The summed E-state index contributed by atoms with van der Waals surface area (Å²) >= 11 is 0. The maximum absolute atomic E-state index is 12.3. The predicted molar refractivity (Wildman–Crippen MR) is 136 cm³/mol. The Morgan fingerprint density at radius 1 is 1.08 bits per heavy atom. The Balaban J connectivity index is 1.21. The molecule has 36 heavy (non-hydrogen) atoms. The molecule has 0 aromatic heterocycles. The highest BCUT2D eigenvalue weighted by molar-refractivity contribution is 5.96. The molecule has 0 bridgehead atoms. The number of aliphatic hydroxyl groups is 1. The first-order valence-corrected chi connectivity index (χ1v) is 13.4. The van der Waals surface area contributed by atoms with Crippen LogP contribution in [0.15, 0.2) is 47.1 Å². The van der Waals surface area contributed by atoms with Crippen LogP contribution < -0.4 is 5.32 Å². The van der Waals surface area contributed by atoms with Crippen molar-refractivity contribution in [3.05, 3.63) is 47.5 Å². The van der Waals surface area contributed by atoms with Gasteiger partial charge in [0.15, 0.2) is 12.6 Å². The molecule has 0 radical (unpaired) electrons. The van der Waals surface area contributed by atoms with E-state index in [-0.39, 0.29) is 23.5 Å². The van der Waals surface area contributed by atoms with Gasteiger partial charge in [-0.1, -0.05) is 54.9 Å². The molecule has 1 amide bonds. The maximum atomic E-state index is 12.3. The van der Waals surface area contributed by atoms with E-state index in [1.165, 1.54) is 18.4 Å². The fourth-order valence-corrected chi connectivity index (χ4v) is 7.93. The minimum Gasteiger partial charge on any atom is -0.479 e. The molecule has 194 valence electrons. The number of oxime groups is 1. The smallest absolute Gasteiger partial charge is 0.330 e. The van der Waals surface area contributed by atoms with E-state index in [9.17, 15) is 19.8 Å². The second-order valence-electron chi connectivity index (χ2n) is 11.7. The summed E-state index contributed by atoms with van der Waals surface area (Å²) < 4.78 is 0. The second kappa shape index (κ2) is 9.66. The number of allylic oxidation sites excluding steroid dienone is 2. The van der Waals surface area contributed by atoms with E-state index in [0.717, 1.165) is 44.2 Å². The maximum Gasteiger partial charge on any atom is 0.330 e. The van der Waals surface area contributed by atoms with Gasteiger partial charge in [-0.3, -0.25) is 4.79 Å². The molecule has 1 aromatic rings. The first kappa shape index (κ1) is 25.0. The molecule has 3 fully saturated rings. The summed E-state index contributed by atoms with van der Waals surface area (Å²) in [5.41, 5.74) is 3.06. The van der Waals surface area contributed by atoms with Crippen molar-refractivity contribution in [3.63, 3.8) is 0 Å². The van der Waals surface area contributed by atoms with Crippen LogP contribution in [0.25, 0.3) is 0 Å². The largest absolute Gasteiger partial charge is 0.479 e. The van der Waals surface area contributed by atoms with E-state index < -0.39 is 17.9 Å². The number of benzene rings is 1. The molecule has 7 unspecified atom stereocenters. The molecular formula is C29H38N2O5. The van der Waals surface area contributed by atoms with Crippen LogP contribution >= 0.6 is 0 Å². The van der Waals surface area contributed by atoms with E-state index in [0.29, 0.717) is 23.3 Å². The number of fused-ring (bicyclic) bond motifs is 5. The summed E-state index contributed by atoms with van der Waals surface area (Å²) in [4.78, 5) is 29.3. The van der Waals surface area contributed by atoms with Gasteiger partial charge < -0.3 is 20.4 Å². The minimum absolute atomic E-state index is 0.0919. The van der Waals surface area contributed by atoms with Crippen LogP contribution in [0, 0.1) is 28.6 Å². The Labute approximate surface area is 213 Å². The number of carbonyl (C=O) groups is 2. The molecule has 3 saturated carbocycles. The van der Waals surface area contributed by atoms with Crippen molar-refractivity contribution in [2.24, 2.45) is 33.7 Å². The van der Waals surface area contributed by atoms with Crippen molar-refractivity contribution >= 4 is 17.6 Å². The zero-order valence-electron chi connectivity index (χ0n) is 21.3. The van der Waals surface area contributed by atoms with Gasteiger partial charge >= 0.3 is 5.97 Å². The molecule has 0 heterocycles. The normalized spacial score (nSPS) is 37.2. The molecule has 0 spiro atoms. The average molecular weight is 495 g/mol. The first-order chi connectivity index (χ1) is 17.2.